The van der Waals surface area contributed by atoms with Crippen LogP contribution in [0.5, 0.6) is 0 Å². The molecule has 7 rings (SSSR count). The number of nitrogens with zero attached hydrogens (tertiary/aromatic N) is 1. The molecule has 2 saturated heterocycles. The van der Waals surface area contributed by atoms with E-state index in [9.17, 15) is 14.4 Å². The van der Waals surface area contributed by atoms with Crippen molar-refractivity contribution in [3.8, 4) is 0 Å². The number of amides is 3. The zero-order chi connectivity index (χ0) is 33.9. The molecule has 0 radical (unpaired) electrons. The molecule has 48 heavy (non-hydrogen) atoms. The molecular formula is C37H50BN3O7. The van der Waals surface area contributed by atoms with Crippen LogP contribution in [0.2, 0.25) is 0 Å². The molecule has 258 valence electrons. The van der Waals surface area contributed by atoms with Gasteiger partial charge in [0.15, 0.2) is 0 Å². The van der Waals surface area contributed by atoms with Gasteiger partial charge in [-0.3, -0.25) is 9.59 Å². The van der Waals surface area contributed by atoms with E-state index in [4.69, 9.17) is 18.8 Å². The maximum Gasteiger partial charge on any atom is 0.481 e. The Morgan fingerprint density at radius 1 is 1.00 bits per heavy atom. The molecule has 5 fully saturated rings. The molecular weight excluding hydrogens is 609 g/mol. The minimum atomic E-state index is -0.902. The molecule has 2 bridgehead atoms. The molecule has 11 heteroatoms. The van der Waals surface area contributed by atoms with E-state index in [0.29, 0.717) is 44.2 Å². The number of hydrogen-bond donors (Lipinski definition) is 2. The number of nitrogens with one attached hydrogen (secondary N) is 2. The molecule has 2 aromatic rings. The van der Waals surface area contributed by atoms with Gasteiger partial charge in [-0.1, -0.05) is 74.5 Å². The summed E-state index contributed by atoms with van der Waals surface area (Å²) >= 11 is 0. The van der Waals surface area contributed by atoms with Crippen LogP contribution in [0.3, 0.4) is 0 Å². The van der Waals surface area contributed by atoms with Gasteiger partial charge >= 0.3 is 13.2 Å². The van der Waals surface area contributed by atoms with Crippen molar-refractivity contribution in [3.63, 3.8) is 0 Å². The van der Waals surface area contributed by atoms with Gasteiger partial charge in [-0.15, -0.1) is 0 Å². The number of methoxy groups -OCH3 is 1. The van der Waals surface area contributed by atoms with Crippen LogP contribution in [0.15, 0.2) is 60.7 Å². The fourth-order valence-electron chi connectivity index (χ4n) is 8.53. The molecule has 3 aliphatic carbocycles. The van der Waals surface area contributed by atoms with Crippen LogP contribution in [-0.2, 0) is 41.4 Å². The molecule has 2 N–H and O–H groups in total. The van der Waals surface area contributed by atoms with E-state index in [0.717, 1.165) is 30.4 Å². The Morgan fingerprint density at radius 2 is 1.71 bits per heavy atom. The first-order valence-electron chi connectivity index (χ1n) is 17.5. The molecule has 3 saturated carbocycles. The van der Waals surface area contributed by atoms with E-state index < -0.39 is 30.9 Å². The second-order valence-corrected chi connectivity index (χ2v) is 14.7. The lowest BCUT2D eigenvalue weighted by atomic mass is 9.43. The second-order valence-electron chi connectivity index (χ2n) is 14.7. The molecule has 2 aliphatic heterocycles. The highest BCUT2D eigenvalue weighted by molar-refractivity contribution is 6.47. The number of rotatable bonds is 13. The number of hydrogen-bond acceptors (Lipinski definition) is 7. The van der Waals surface area contributed by atoms with Gasteiger partial charge in [0.05, 0.1) is 17.6 Å². The van der Waals surface area contributed by atoms with Gasteiger partial charge in [-0.05, 0) is 73.8 Å². The van der Waals surface area contributed by atoms with Gasteiger partial charge in [0.25, 0.3) is 0 Å². The standard InChI is InChI=1S/C37H50BN3O7/c1-36(2)27-22-30(36)37(3)31(23-27)47-38(48-37)32(18-12-20-45-4)40-33(42)29-17-11-19-41(29)34(43)28(21-25-13-7-5-8-14-25)39-35(44)46-24-26-15-9-6-10-16-26/h5-10,13-16,27-32H,11-12,17-24H2,1-4H3,(H,39,44)(H,40,42)/t27-,28+,29-,30-,31?,32+,37-/m0/s1. The van der Waals surface area contributed by atoms with Gasteiger partial charge in [0.1, 0.15) is 18.7 Å². The molecule has 3 amide bonds. The molecule has 1 unspecified atom stereocenters. The zero-order valence-electron chi connectivity index (χ0n) is 28.7. The number of alkyl carbamates (subject to hydrolysis) is 1. The highest BCUT2D eigenvalue weighted by Gasteiger charge is 2.68. The van der Waals surface area contributed by atoms with Crippen LogP contribution in [0.1, 0.15) is 70.4 Å². The Labute approximate surface area is 284 Å². The topological polar surface area (TPSA) is 115 Å². The Hall–Kier alpha value is -3.41. The lowest BCUT2D eigenvalue weighted by Gasteiger charge is -2.64. The summed E-state index contributed by atoms with van der Waals surface area (Å²) in [6.07, 6.45) is 4.26. The monoisotopic (exact) mass is 659 g/mol. The molecule has 2 aromatic carbocycles. The van der Waals surface area contributed by atoms with E-state index in [1.165, 1.54) is 0 Å². The SMILES string of the molecule is COCCC[C@@H](NC(=O)[C@@H]1CCCN1C(=O)[C@@H](Cc1ccccc1)NC(=O)OCc1ccccc1)B1OC2C[C@@H]3C[C@@H](C3(C)C)[C@]2(C)O1. The van der Waals surface area contributed by atoms with Crippen LogP contribution in [0, 0.1) is 17.3 Å². The minimum Gasteiger partial charge on any atom is -0.445 e. The van der Waals surface area contributed by atoms with Crippen molar-refractivity contribution >= 4 is 25.0 Å². The molecule has 2 heterocycles. The third-order valence-corrected chi connectivity index (χ3v) is 11.4. The van der Waals surface area contributed by atoms with Crippen molar-refractivity contribution in [1.82, 2.24) is 15.5 Å². The summed E-state index contributed by atoms with van der Waals surface area (Å²) in [5.41, 5.74) is 1.55. The summed E-state index contributed by atoms with van der Waals surface area (Å²) in [6.45, 7) is 7.90. The molecule has 0 aromatic heterocycles. The summed E-state index contributed by atoms with van der Waals surface area (Å²) in [4.78, 5) is 42.7. The lowest BCUT2D eigenvalue weighted by molar-refractivity contribution is -0.199. The Morgan fingerprint density at radius 3 is 2.40 bits per heavy atom. The maximum absolute atomic E-state index is 14.2. The van der Waals surface area contributed by atoms with Crippen molar-refractivity contribution in [2.45, 2.75) is 102 Å². The quantitative estimate of drug-likeness (QED) is 0.237. The largest absolute Gasteiger partial charge is 0.481 e. The van der Waals surface area contributed by atoms with E-state index in [2.05, 4.69) is 31.4 Å². The van der Waals surface area contributed by atoms with Crippen molar-refractivity contribution in [2.24, 2.45) is 17.3 Å². The van der Waals surface area contributed by atoms with E-state index in [1.807, 2.05) is 60.7 Å². The molecule has 7 atom stereocenters. The van der Waals surface area contributed by atoms with Crippen molar-refractivity contribution in [2.75, 3.05) is 20.3 Å². The average molecular weight is 660 g/mol. The molecule has 10 nitrogen and oxygen atoms in total. The third-order valence-electron chi connectivity index (χ3n) is 11.4. The second kappa shape index (κ2) is 14.6. The number of ether oxygens (including phenoxy) is 2. The van der Waals surface area contributed by atoms with E-state index in [1.54, 1.807) is 12.0 Å². The fourth-order valence-corrected chi connectivity index (χ4v) is 8.53. The molecule has 5 aliphatic rings. The molecule has 0 spiro atoms. The number of benzene rings is 2. The van der Waals surface area contributed by atoms with Crippen LogP contribution in [0.25, 0.3) is 0 Å². The first-order chi connectivity index (χ1) is 23.1. The summed E-state index contributed by atoms with van der Waals surface area (Å²) in [5.74, 6) is 0.100. The van der Waals surface area contributed by atoms with Crippen molar-refractivity contribution < 1.29 is 33.2 Å². The fraction of sp³-hybridized carbons (Fsp3) is 0.595. The van der Waals surface area contributed by atoms with Gasteiger partial charge in [0, 0.05) is 26.7 Å². The highest BCUT2D eigenvalue weighted by Crippen LogP contribution is 2.65. The predicted octanol–water partition coefficient (Wildman–Crippen LogP) is 4.69. The number of carbonyl (C=O) groups excluding carboxylic acids is 3. The van der Waals surface area contributed by atoms with Crippen LogP contribution < -0.4 is 10.6 Å². The highest BCUT2D eigenvalue weighted by atomic mass is 16.7. The van der Waals surface area contributed by atoms with Crippen LogP contribution in [-0.4, -0.2) is 79.9 Å². The first-order valence-corrected chi connectivity index (χ1v) is 17.5. The first kappa shape index (κ1) is 34.5. The summed E-state index contributed by atoms with van der Waals surface area (Å²) in [7, 11) is 1.09. The van der Waals surface area contributed by atoms with Crippen LogP contribution >= 0.6 is 0 Å². The van der Waals surface area contributed by atoms with Gasteiger partial charge in [0.2, 0.25) is 11.8 Å². The maximum atomic E-state index is 14.2. The summed E-state index contributed by atoms with van der Waals surface area (Å²) < 4.78 is 24.1. The smallest absolute Gasteiger partial charge is 0.445 e. The number of carbonyl (C=O) groups is 3. The minimum absolute atomic E-state index is 0.00266. The summed E-state index contributed by atoms with van der Waals surface area (Å²) in [6, 6.07) is 17.3. The Bertz CT molecular complexity index is 1430. The van der Waals surface area contributed by atoms with Crippen LogP contribution in [0.4, 0.5) is 4.79 Å². The average Bonchev–Trinajstić information content (AvgIpc) is 3.72. The Kier molecular flexibility index (Phi) is 10.5. The van der Waals surface area contributed by atoms with Gasteiger partial charge < -0.3 is 34.3 Å². The lowest BCUT2D eigenvalue weighted by Crippen LogP contribution is -2.65. The van der Waals surface area contributed by atoms with Crippen molar-refractivity contribution in [3.05, 3.63) is 71.8 Å². The Balaban J connectivity index is 1.14. The third kappa shape index (κ3) is 7.14. The van der Waals surface area contributed by atoms with E-state index in [-0.39, 0.29) is 42.3 Å². The number of likely N-dealkylation sites (tertiary alicyclic amines) is 1. The predicted molar refractivity (Wildman–Crippen MR) is 182 cm³/mol. The van der Waals surface area contributed by atoms with E-state index >= 15 is 0 Å². The van der Waals surface area contributed by atoms with Crippen molar-refractivity contribution in [1.29, 1.82) is 0 Å². The van der Waals surface area contributed by atoms with Gasteiger partial charge in [-0.2, -0.15) is 0 Å². The van der Waals surface area contributed by atoms with Gasteiger partial charge in [-0.25, -0.2) is 4.79 Å². The summed E-state index contributed by atoms with van der Waals surface area (Å²) in [5, 5.41) is 6.04. The normalized spacial score (nSPS) is 28.2. The zero-order valence-corrected chi connectivity index (χ0v) is 28.7.